The Labute approximate surface area is 139 Å². The lowest BCUT2D eigenvalue weighted by Crippen LogP contribution is -2.39. The fourth-order valence-electron chi connectivity index (χ4n) is 2.17. The topological polar surface area (TPSA) is 76.0 Å². The molecule has 1 aromatic heterocycles. The number of carbonyl (C=O) groups is 2. The summed E-state index contributed by atoms with van der Waals surface area (Å²) in [6.45, 7) is 3.94. The largest absolute Gasteiger partial charge is 0.341 e. The van der Waals surface area contributed by atoms with Gasteiger partial charge in [0.2, 0.25) is 0 Å². The van der Waals surface area contributed by atoms with Crippen LogP contribution in [0.3, 0.4) is 0 Å². The summed E-state index contributed by atoms with van der Waals surface area (Å²) in [6.07, 6.45) is 1.68. The first kappa shape index (κ1) is 17.0. The molecule has 23 heavy (non-hydrogen) atoms. The number of amides is 2. The molecule has 0 saturated heterocycles. The molecule has 0 aliphatic rings. The van der Waals surface area contributed by atoms with E-state index in [-0.39, 0.29) is 12.0 Å². The van der Waals surface area contributed by atoms with E-state index in [0.29, 0.717) is 10.8 Å². The van der Waals surface area contributed by atoms with Crippen molar-refractivity contribution in [3.63, 3.8) is 0 Å². The van der Waals surface area contributed by atoms with E-state index in [1.54, 1.807) is 31.4 Å². The average Bonchev–Trinajstić information content (AvgIpc) is 2.90. The van der Waals surface area contributed by atoms with Gasteiger partial charge in [0.15, 0.2) is 5.82 Å². The molecule has 0 bridgehead atoms. The van der Waals surface area contributed by atoms with E-state index in [1.807, 2.05) is 26.0 Å². The quantitative estimate of drug-likeness (QED) is 0.843. The van der Waals surface area contributed by atoms with E-state index >= 15 is 0 Å². The van der Waals surface area contributed by atoms with Gasteiger partial charge in [-0.25, -0.2) is 0 Å². The predicted octanol–water partition coefficient (Wildman–Crippen LogP) is 2.53. The smallest absolute Gasteiger partial charge is 0.314 e. The highest BCUT2D eigenvalue weighted by Gasteiger charge is 2.22. The molecule has 1 unspecified atom stereocenters. The predicted molar refractivity (Wildman–Crippen MR) is 89.0 cm³/mol. The van der Waals surface area contributed by atoms with Crippen molar-refractivity contribution in [3.05, 3.63) is 47.1 Å². The highest BCUT2D eigenvalue weighted by molar-refractivity contribution is 6.39. The summed E-state index contributed by atoms with van der Waals surface area (Å²) in [4.78, 5) is 24.1. The lowest BCUT2D eigenvalue weighted by atomic mass is 9.96. The van der Waals surface area contributed by atoms with Gasteiger partial charge in [-0.2, -0.15) is 5.10 Å². The van der Waals surface area contributed by atoms with Crippen LogP contribution < -0.4 is 10.6 Å². The number of carbonyl (C=O) groups excluding carboxylic acids is 2. The van der Waals surface area contributed by atoms with Gasteiger partial charge >= 0.3 is 11.8 Å². The van der Waals surface area contributed by atoms with Gasteiger partial charge in [-0.15, -0.1) is 0 Å². The first-order valence-corrected chi connectivity index (χ1v) is 7.61. The fourth-order valence-corrected chi connectivity index (χ4v) is 2.29. The van der Waals surface area contributed by atoms with Crippen molar-refractivity contribution in [2.24, 2.45) is 13.0 Å². The van der Waals surface area contributed by atoms with Gasteiger partial charge < -0.3 is 10.6 Å². The molecule has 0 fully saturated rings. The number of aryl methyl sites for hydroxylation is 1. The van der Waals surface area contributed by atoms with Crippen molar-refractivity contribution in [3.8, 4) is 0 Å². The Morgan fingerprint density at radius 3 is 2.30 bits per heavy atom. The summed E-state index contributed by atoms with van der Waals surface area (Å²) in [6, 6.07) is 8.52. The molecule has 122 valence electrons. The van der Waals surface area contributed by atoms with Crippen molar-refractivity contribution in [1.82, 2.24) is 15.1 Å². The molecule has 1 atom stereocenters. The summed E-state index contributed by atoms with van der Waals surface area (Å²) in [5.41, 5.74) is 0.892. The summed E-state index contributed by atoms with van der Waals surface area (Å²) >= 11 is 5.88. The van der Waals surface area contributed by atoms with E-state index in [2.05, 4.69) is 15.7 Å². The minimum atomic E-state index is -0.747. The first-order chi connectivity index (χ1) is 10.9. The number of aromatic nitrogens is 2. The lowest BCUT2D eigenvalue weighted by molar-refractivity contribution is -0.136. The Morgan fingerprint density at radius 2 is 1.78 bits per heavy atom. The minimum Gasteiger partial charge on any atom is -0.341 e. The third kappa shape index (κ3) is 4.56. The van der Waals surface area contributed by atoms with Gasteiger partial charge in [0.25, 0.3) is 0 Å². The SMILES string of the molecule is CC(C)C(NC(=O)C(=O)Nc1ccn(C)n1)c1ccc(Cl)cc1. The third-order valence-electron chi connectivity index (χ3n) is 3.34. The molecular formula is C16H19ClN4O2. The molecule has 2 amide bonds. The Bertz CT molecular complexity index is 694. The fraction of sp³-hybridized carbons (Fsp3) is 0.312. The number of hydrogen-bond acceptors (Lipinski definition) is 3. The lowest BCUT2D eigenvalue weighted by Gasteiger charge is -2.22. The zero-order valence-electron chi connectivity index (χ0n) is 13.2. The van der Waals surface area contributed by atoms with Crippen LogP contribution in [0, 0.1) is 5.92 Å². The van der Waals surface area contributed by atoms with Crippen LogP contribution in [0.25, 0.3) is 0 Å². The highest BCUT2D eigenvalue weighted by Crippen LogP contribution is 2.23. The van der Waals surface area contributed by atoms with Crippen molar-refractivity contribution in [1.29, 1.82) is 0 Å². The van der Waals surface area contributed by atoms with Crippen LogP contribution in [0.4, 0.5) is 5.82 Å². The van der Waals surface area contributed by atoms with Crippen molar-refractivity contribution in [2.45, 2.75) is 19.9 Å². The van der Waals surface area contributed by atoms with Crippen molar-refractivity contribution in [2.75, 3.05) is 5.32 Å². The van der Waals surface area contributed by atoms with Crippen LogP contribution in [0.2, 0.25) is 5.02 Å². The van der Waals surface area contributed by atoms with Gasteiger partial charge in [-0.3, -0.25) is 14.3 Å². The van der Waals surface area contributed by atoms with Crippen LogP contribution in [-0.4, -0.2) is 21.6 Å². The normalized spacial score (nSPS) is 12.0. The number of benzene rings is 1. The molecule has 2 rings (SSSR count). The van der Waals surface area contributed by atoms with Gasteiger partial charge in [0.05, 0.1) is 6.04 Å². The third-order valence-corrected chi connectivity index (χ3v) is 3.60. The molecule has 6 nitrogen and oxygen atoms in total. The summed E-state index contributed by atoms with van der Waals surface area (Å²) in [5.74, 6) is -1.00. The zero-order valence-corrected chi connectivity index (χ0v) is 14.0. The Hall–Kier alpha value is -2.34. The van der Waals surface area contributed by atoms with Crippen molar-refractivity contribution < 1.29 is 9.59 Å². The molecular weight excluding hydrogens is 316 g/mol. The number of nitrogens with one attached hydrogen (secondary N) is 2. The zero-order chi connectivity index (χ0) is 17.0. The maximum absolute atomic E-state index is 12.1. The van der Waals surface area contributed by atoms with Crippen LogP contribution in [0.1, 0.15) is 25.5 Å². The number of nitrogens with zero attached hydrogens (tertiary/aromatic N) is 2. The van der Waals surface area contributed by atoms with Crippen LogP contribution in [-0.2, 0) is 16.6 Å². The Balaban J connectivity index is 2.05. The highest BCUT2D eigenvalue weighted by atomic mass is 35.5. The molecule has 1 heterocycles. The van der Waals surface area contributed by atoms with E-state index < -0.39 is 11.8 Å². The Kier molecular flexibility index (Phi) is 5.39. The number of hydrogen-bond donors (Lipinski definition) is 2. The molecule has 1 aromatic carbocycles. The van der Waals surface area contributed by atoms with E-state index in [0.717, 1.165) is 5.56 Å². The second-order valence-electron chi connectivity index (χ2n) is 5.58. The van der Waals surface area contributed by atoms with Crippen LogP contribution >= 0.6 is 11.6 Å². The maximum Gasteiger partial charge on any atom is 0.314 e. The van der Waals surface area contributed by atoms with E-state index in [4.69, 9.17) is 11.6 Å². The number of halogens is 1. The van der Waals surface area contributed by atoms with Gasteiger partial charge in [0, 0.05) is 24.3 Å². The molecule has 0 saturated carbocycles. The first-order valence-electron chi connectivity index (χ1n) is 7.24. The second kappa shape index (κ2) is 7.28. The van der Waals surface area contributed by atoms with Crippen molar-refractivity contribution >= 4 is 29.2 Å². The standard InChI is InChI=1S/C16H19ClN4O2/c1-10(2)14(11-4-6-12(17)7-5-11)19-16(23)15(22)18-13-8-9-21(3)20-13/h4-10,14H,1-3H3,(H,19,23)(H,18,20,22). The molecule has 0 radical (unpaired) electrons. The minimum absolute atomic E-state index is 0.114. The number of anilines is 1. The molecule has 0 aliphatic carbocycles. The monoisotopic (exact) mass is 334 g/mol. The summed E-state index contributed by atoms with van der Waals surface area (Å²) in [5, 5.41) is 9.84. The summed E-state index contributed by atoms with van der Waals surface area (Å²) < 4.78 is 1.54. The maximum atomic E-state index is 12.1. The second-order valence-corrected chi connectivity index (χ2v) is 6.01. The van der Waals surface area contributed by atoms with Gasteiger partial charge in [-0.1, -0.05) is 37.6 Å². The molecule has 0 spiro atoms. The summed E-state index contributed by atoms with van der Waals surface area (Å²) in [7, 11) is 1.73. The van der Waals surface area contributed by atoms with Crippen LogP contribution in [0.15, 0.2) is 36.5 Å². The Morgan fingerprint density at radius 1 is 1.13 bits per heavy atom. The van der Waals surface area contributed by atoms with E-state index in [1.165, 1.54) is 4.68 Å². The van der Waals surface area contributed by atoms with E-state index in [9.17, 15) is 9.59 Å². The van der Waals surface area contributed by atoms with Gasteiger partial charge in [-0.05, 0) is 23.6 Å². The molecule has 2 N–H and O–H groups in total. The molecule has 7 heteroatoms. The van der Waals surface area contributed by atoms with Gasteiger partial charge in [0.1, 0.15) is 0 Å². The molecule has 2 aromatic rings. The number of rotatable bonds is 4. The molecule has 0 aliphatic heterocycles. The average molecular weight is 335 g/mol. The van der Waals surface area contributed by atoms with Crippen LogP contribution in [0.5, 0.6) is 0 Å².